The highest BCUT2D eigenvalue weighted by Gasteiger charge is 2.34. The molecule has 1 aliphatic heterocycles. The van der Waals surface area contributed by atoms with Crippen LogP contribution in [-0.2, 0) is 4.74 Å². The fourth-order valence-electron chi connectivity index (χ4n) is 1.57. The molecule has 1 saturated carbocycles. The SMILES string of the molecule is CC(C)(C)C1=N[C@H]([C]2[CH][CH][CH][CH]2)CO1. The molecule has 1 fully saturated rings. The van der Waals surface area contributed by atoms with E-state index in [9.17, 15) is 0 Å². The molecule has 1 heterocycles. The van der Waals surface area contributed by atoms with Gasteiger partial charge in [-0.1, -0.05) is 20.8 Å². The van der Waals surface area contributed by atoms with Crippen LogP contribution in [0.2, 0.25) is 0 Å². The van der Waals surface area contributed by atoms with Crippen LogP contribution in [0.5, 0.6) is 0 Å². The minimum absolute atomic E-state index is 0.0291. The monoisotopic (exact) mass is 190 g/mol. The van der Waals surface area contributed by atoms with Crippen molar-refractivity contribution in [2.24, 2.45) is 10.4 Å². The molecule has 2 aliphatic rings. The molecule has 0 aromatic rings. The Morgan fingerprint density at radius 1 is 1.29 bits per heavy atom. The van der Waals surface area contributed by atoms with E-state index in [1.165, 1.54) is 5.92 Å². The van der Waals surface area contributed by atoms with Gasteiger partial charge in [0.05, 0.1) is 6.04 Å². The van der Waals surface area contributed by atoms with Crippen molar-refractivity contribution >= 4 is 5.90 Å². The summed E-state index contributed by atoms with van der Waals surface area (Å²) in [6.07, 6.45) is 8.28. The van der Waals surface area contributed by atoms with Gasteiger partial charge in [-0.05, 0) is 25.7 Å². The zero-order valence-electron chi connectivity index (χ0n) is 8.95. The minimum atomic E-state index is 0.0291. The van der Waals surface area contributed by atoms with E-state index >= 15 is 0 Å². The molecule has 0 unspecified atom stereocenters. The molecule has 2 rings (SSSR count). The lowest BCUT2D eigenvalue weighted by atomic mass is 9.96. The molecular weight excluding hydrogens is 174 g/mol. The molecule has 5 radical (unpaired) electrons. The lowest BCUT2D eigenvalue weighted by molar-refractivity contribution is 0.286. The van der Waals surface area contributed by atoms with Gasteiger partial charge in [-0.3, -0.25) is 0 Å². The maximum absolute atomic E-state index is 5.60. The van der Waals surface area contributed by atoms with Crippen LogP contribution in [0.3, 0.4) is 0 Å². The Morgan fingerprint density at radius 3 is 2.43 bits per heavy atom. The van der Waals surface area contributed by atoms with E-state index in [4.69, 9.17) is 4.74 Å². The first-order valence-electron chi connectivity index (χ1n) is 5.00. The van der Waals surface area contributed by atoms with Crippen LogP contribution in [-0.4, -0.2) is 18.5 Å². The van der Waals surface area contributed by atoms with Crippen LogP contribution in [0, 0.1) is 37.0 Å². The third-order valence-corrected chi connectivity index (χ3v) is 2.37. The topological polar surface area (TPSA) is 21.6 Å². The average Bonchev–Trinajstić information content (AvgIpc) is 2.73. The van der Waals surface area contributed by atoms with Crippen molar-refractivity contribution in [1.29, 1.82) is 0 Å². The Morgan fingerprint density at radius 2 is 1.93 bits per heavy atom. The maximum atomic E-state index is 5.60. The second-order valence-corrected chi connectivity index (χ2v) is 4.73. The molecule has 2 heteroatoms. The van der Waals surface area contributed by atoms with Crippen LogP contribution in [0.1, 0.15) is 20.8 Å². The second kappa shape index (κ2) is 3.56. The van der Waals surface area contributed by atoms with Crippen molar-refractivity contribution in [2.75, 3.05) is 6.61 Å². The molecule has 0 amide bonds. The van der Waals surface area contributed by atoms with E-state index in [0.717, 1.165) is 5.90 Å². The fourth-order valence-corrected chi connectivity index (χ4v) is 1.57. The molecule has 0 bridgehead atoms. The van der Waals surface area contributed by atoms with Crippen LogP contribution in [0.25, 0.3) is 0 Å². The molecule has 0 saturated heterocycles. The number of hydrogen-bond donors (Lipinski definition) is 0. The normalized spacial score (nSPS) is 29.1. The number of ether oxygens (including phenoxy) is 1. The van der Waals surface area contributed by atoms with Crippen LogP contribution < -0.4 is 0 Å². The Balaban J connectivity index is 2.01. The van der Waals surface area contributed by atoms with Crippen molar-refractivity contribution in [3.05, 3.63) is 31.6 Å². The summed E-state index contributed by atoms with van der Waals surface area (Å²) in [6.45, 7) is 7.06. The molecule has 2 nitrogen and oxygen atoms in total. The maximum Gasteiger partial charge on any atom is 0.189 e. The van der Waals surface area contributed by atoms with Crippen molar-refractivity contribution in [3.63, 3.8) is 0 Å². The average molecular weight is 190 g/mol. The standard InChI is InChI=1S/C12H16NO/c1-12(2,3)11-13-10(8-14-11)9-6-4-5-7-9/h4-7,10H,8H2,1-3H3/t10-/m0/s1. The Bertz CT molecular complexity index is 233. The summed E-state index contributed by atoms with van der Waals surface area (Å²) in [5.41, 5.74) is 0.0291. The first kappa shape index (κ1) is 10.0. The van der Waals surface area contributed by atoms with E-state index < -0.39 is 0 Å². The van der Waals surface area contributed by atoms with Gasteiger partial charge in [-0.15, -0.1) is 0 Å². The smallest absolute Gasteiger partial charge is 0.189 e. The third-order valence-electron chi connectivity index (χ3n) is 2.37. The van der Waals surface area contributed by atoms with E-state index in [0.29, 0.717) is 6.61 Å². The van der Waals surface area contributed by atoms with Crippen molar-refractivity contribution in [2.45, 2.75) is 26.8 Å². The molecular formula is C12H16NO. The summed E-state index contributed by atoms with van der Waals surface area (Å²) in [5.74, 6) is 2.13. The largest absolute Gasteiger partial charge is 0.478 e. The summed E-state index contributed by atoms with van der Waals surface area (Å²) in [5, 5.41) is 0. The predicted molar refractivity (Wildman–Crippen MR) is 57.1 cm³/mol. The molecule has 0 aromatic carbocycles. The van der Waals surface area contributed by atoms with Gasteiger partial charge in [0.25, 0.3) is 0 Å². The second-order valence-electron chi connectivity index (χ2n) is 4.73. The zero-order valence-corrected chi connectivity index (χ0v) is 8.95. The highest BCUT2D eigenvalue weighted by molar-refractivity contribution is 5.83. The number of hydrogen-bond acceptors (Lipinski definition) is 2. The fraction of sp³-hybridized carbons (Fsp3) is 0.500. The van der Waals surface area contributed by atoms with Crippen molar-refractivity contribution < 1.29 is 4.74 Å². The lowest BCUT2D eigenvalue weighted by Crippen LogP contribution is -2.20. The predicted octanol–water partition coefficient (Wildman–Crippen LogP) is 2.24. The van der Waals surface area contributed by atoms with Gasteiger partial charge in [0.1, 0.15) is 6.61 Å². The lowest BCUT2D eigenvalue weighted by Gasteiger charge is -2.16. The van der Waals surface area contributed by atoms with E-state index in [1.54, 1.807) is 0 Å². The first-order chi connectivity index (χ1) is 6.57. The Hall–Kier alpha value is -0.530. The van der Waals surface area contributed by atoms with E-state index in [2.05, 4.69) is 38.6 Å². The minimum Gasteiger partial charge on any atom is -0.478 e. The van der Waals surface area contributed by atoms with Gasteiger partial charge in [-0.2, -0.15) is 0 Å². The summed E-state index contributed by atoms with van der Waals surface area (Å²) in [6, 6.07) is 0.208. The van der Waals surface area contributed by atoms with Crippen LogP contribution in [0.4, 0.5) is 0 Å². The van der Waals surface area contributed by atoms with E-state index in [-0.39, 0.29) is 11.5 Å². The number of aliphatic imine (C=N–C) groups is 1. The van der Waals surface area contributed by atoms with Crippen molar-refractivity contribution in [1.82, 2.24) is 0 Å². The third kappa shape index (κ3) is 1.94. The Labute approximate surface area is 86.8 Å². The van der Waals surface area contributed by atoms with Crippen LogP contribution in [0.15, 0.2) is 4.99 Å². The summed E-state index contributed by atoms with van der Waals surface area (Å²) in [4.78, 5) is 4.60. The molecule has 1 atom stereocenters. The quantitative estimate of drug-likeness (QED) is 0.621. The molecule has 0 aromatic heterocycles. The summed E-state index contributed by atoms with van der Waals surface area (Å²) in [7, 11) is 0. The Kier molecular flexibility index (Phi) is 2.54. The number of nitrogens with zero attached hydrogens (tertiary/aromatic N) is 1. The van der Waals surface area contributed by atoms with Gasteiger partial charge in [0.15, 0.2) is 5.90 Å². The van der Waals surface area contributed by atoms with Gasteiger partial charge < -0.3 is 4.74 Å². The van der Waals surface area contributed by atoms with Gasteiger partial charge in [0, 0.05) is 11.3 Å². The molecule has 75 valence electrons. The van der Waals surface area contributed by atoms with Gasteiger partial charge in [0.2, 0.25) is 0 Å². The molecule has 1 aliphatic carbocycles. The summed E-state index contributed by atoms with van der Waals surface area (Å²) < 4.78 is 5.60. The van der Waals surface area contributed by atoms with Gasteiger partial charge in [-0.25, -0.2) is 4.99 Å². The highest BCUT2D eigenvalue weighted by Crippen LogP contribution is 2.32. The molecule has 0 spiro atoms. The zero-order chi connectivity index (χ0) is 10.2. The molecule has 14 heavy (non-hydrogen) atoms. The molecule has 0 N–H and O–H groups in total. The van der Waals surface area contributed by atoms with Crippen molar-refractivity contribution in [3.8, 4) is 0 Å². The number of rotatable bonds is 1. The highest BCUT2D eigenvalue weighted by atomic mass is 16.5. The first-order valence-corrected chi connectivity index (χ1v) is 5.00. The van der Waals surface area contributed by atoms with Gasteiger partial charge >= 0.3 is 0 Å². The van der Waals surface area contributed by atoms with Crippen LogP contribution >= 0.6 is 0 Å². The van der Waals surface area contributed by atoms with E-state index in [1.807, 2.05) is 12.8 Å². The summed E-state index contributed by atoms with van der Waals surface area (Å²) >= 11 is 0.